The Kier molecular flexibility index (Phi) is 10.2. The van der Waals surface area contributed by atoms with Crippen LogP contribution in [0.2, 0.25) is 0 Å². The van der Waals surface area contributed by atoms with Crippen LogP contribution in [0.5, 0.6) is 11.5 Å². The van der Waals surface area contributed by atoms with Crippen LogP contribution >= 0.6 is 0 Å². The predicted molar refractivity (Wildman–Crippen MR) is 193 cm³/mol. The molecule has 5 aromatic carbocycles. The molecule has 244 valence electrons. The Bertz CT molecular complexity index is 2080. The van der Waals surface area contributed by atoms with Gasteiger partial charge >= 0.3 is 0 Å². The monoisotopic (exact) mass is 640 g/mol. The van der Waals surface area contributed by atoms with Gasteiger partial charge in [0.1, 0.15) is 11.5 Å². The lowest BCUT2D eigenvalue weighted by Gasteiger charge is -2.16. The SMILES string of the molecule is COc1ccc(-c2ccc(CCNC[C@H](O)c3ccc(O)c4[nH]c(=O)ccc34)c(N)c2)cc1-c1cccc(CNCc2ccccc2)c1. The van der Waals surface area contributed by atoms with Crippen LogP contribution in [-0.2, 0) is 19.5 Å². The fourth-order valence-corrected chi connectivity index (χ4v) is 6.03. The molecule has 0 saturated carbocycles. The Morgan fingerprint density at radius 2 is 1.56 bits per heavy atom. The van der Waals surface area contributed by atoms with Gasteiger partial charge in [-0.05, 0) is 88.3 Å². The van der Waals surface area contributed by atoms with Crippen LogP contribution in [0.1, 0.15) is 28.4 Å². The third kappa shape index (κ3) is 7.58. The van der Waals surface area contributed by atoms with Crippen molar-refractivity contribution in [2.75, 3.05) is 25.9 Å². The van der Waals surface area contributed by atoms with Crippen molar-refractivity contribution in [3.63, 3.8) is 0 Å². The summed E-state index contributed by atoms with van der Waals surface area (Å²) in [6, 6.07) is 37.4. The van der Waals surface area contributed by atoms with Crippen molar-refractivity contribution in [1.29, 1.82) is 0 Å². The van der Waals surface area contributed by atoms with E-state index < -0.39 is 6.10 Å². The number of nitrogen functional groups attached to an aromatic ring is 1. The molecule has 1 heterocycles. The molecule has 6 rings (SSSR count). The summed E-state index contributed by atoms with van der Waals surface area (Å²) < 4.78 is 5.75. The smallest absolute Gasteiger partial charge is 0.248 e. The molecule has 7 N–H and O–H groups in total. The molecule has 0 bridgehead atoms. The fourth-order valence-electron chi connectivity index (χ4n) is 6.03. The van der Waals surface area contributed by atoms with Crippen molar-refractivity contribution in [2.45, 2.75) is 25.6 Å². The molecule has 0 aliphatic carbocycles. The Labute approximate surface area is 279 Å². The van der Waals surface area contributed by atoms with Gasteiger partial charge in [0.25, 0.3) is 0 Å². The van der Waals surface area contributed by atoms with Gasteiger partial charge in [0.15, 0.2) is 0 Å². The summed E-state index contributed by atoms with van der Waals surface area (Å²) in [4.78, 5) is 14.3. The van der Waals surface area contributed by atoms with Crippen molar-refractivity contribution >= 4 is 16.6 Å². The number of rotatable bonds is 13. The Morgan fingerprint density at radius 3 is 2.38 bits per heavy atom. The molecule has 0 aliphatic rings. The van der Waals surface area contributed by atoms with E-state index in [4.69, 9.17) is 10.5 Å². The average Bonchev–Trinajstić information content (AvgIpc) is 3.11. The Balaban J connectivity index is 1.10. The lowest BCUT2D eigenvalue weighted by molar-refractivity contribution is 0.176. The van der Waals surface area contributed by atoms with E-state index in [1.54, 1.807) is 19.2 Å². The second-order valence-corrected chi connectivity index (χ2v) is 11.9. The second kappa shape index (κ2) is 15.0. The lowest BCUT2D eigenvalue weighted by Crippen LogP contribution is -2.24. The highest BCUT2D eigenvalue weighted by Crippen LogP contribution is 2.36. The minimum atomic E-state index is -0.825. The number of pyridine rings is 1. The molecule has 6 aromatic rings. The van der Waals surface area contributed by atoms with Crippen LogP contribution in [-0.4, -0.2) is 35.4 Å². The molecule has 0 radical (unpaired) electrons. The second-order valence-electron chi connectivity index (χ2n) is 11.9. The van der Waals surface area contributed by atoms with E-state index in [2.05, 4.69) is 82.3 Å². The van der Waals surface area contributed by atoms with E-state index >= 15 is 0 Å². The van der Waals surface area contributed by atoms with Crippen molar-refractivity contribution in [2.24, 2.45) is 0 Å². The number of aliphatic hydroxyl groups excluding tert-OH is 1. The van der Waals surface area contributed by atoms with E-state index in [0.29, 0.717) is 41.7 Å². The van der Waals surface area contributed by atoms with Gasteiger partial charge in [-0.2, -0.15) is 0 Å². The van der Waals surface area contributed by atoms with Gasteiger partial charge in [-0.1, -0.05) is 72.8 Å². The zero-order valence-corrected chi connectivity index (χ0v) is 26.9. The number of nitrogens with one attached hydrogen (secondary N) is 3. The highest BCUT2D eigenvalue weighted by Gasteiger charge is 2.15. The minimum absolute atomic E-state index is 0.0340. The summed E-state index contributed by atoms with van der Waals surface area (Å²) in [5.74, 6) is 0.771. The van der Waals surface area contributed by atoms with Gasteiger partial charge in [-0.3, -0.25) is 4.79 Å². The Hall–Kier alpha value is -5.41. The molecular formula is C40H40N4O4. The number of ether oxygens (including phenoxy) is 1. The third-order valence-corrected chi connectivity index (χ3v) is 8.59. The summed E-state index contributed by atoms with van der Waals surface area (Å²) in [6.45, 7) is 2.47. The first-order chi connectivity index (χ1) is 23.4. The van der Waals surface area contributed by atoms with E-state index in [1.807, 2.05) is 24.3 Å². The first-order valence-corrected chi connectivity index (χ1v) is 16.0. The number of aromatic nitrogens is 1. The number of phenols is 1. The van der Waals surface area contributed by atoms with E-state index in [-0.39, 0.29) is 11.3 Å². The zero-order valence-electron chi connectivity index (χ0n) is 26.9. The van der Waals surface area contributed by atoms with Crippen LogP contribution < -0.4 is 26.7 Å². The number of fused-ring (bicyclic) bond motifs is 1. The molecule has 8 nitrogen and oxygen atoms in total. The zero-order chi connectivity index (χ0) is 33.5. The van der Waals surface area contributed by atoms with Gasteiger partial charge in [0.2, 0.25) is 5.56 Å². The molecule has 0 amide bonds. The molecule has 8 heteroatoms. The van der Waals surface area contributed by atoms with Gasteiger partial charge in [-0.25, -0.2) is 0 Å². The fraction of sp³-hybridized carbons (Fsp3) is 0.175. The number of nitrogens with two attached hydrogens (primary N) is 1. The van der Waals surface area contributed by atoms with Crippen LogP contribution in [0.3, 0.4) is 0 Å². The largest absolute Gasteiger partial charge is 0.506 e. The van der Waals surface area contributed by atoms with Crippen molar-refractivity contribution in [3.05, 3.63) is 148 Å². The minimum Gasteiger partial charge on any atom is -0.506 e. The maximum Gasteiger partial charge on any atom is 0.248 e. The molecule has 1 aromatic heterocycles. The number of hydrogen-bond donors (Lipinski definition) is 6. The first-order valence-electron chi connectivity index (χ1n) is 16.0. The summed E-state index contributed by atoms with van der Waals surface area (Å²) >= 11 is 0. The van der Waals surface area contributed by atoms with Crippen molar-refractivity contribution in [1.82, 2.24) is 15.6 Å². The normalized spacial score (nSPS) is 11.9. The summed E-state index contributed by atoms with van der Waals surface area (Å²) in [6.07, 6.45) is -0.143. The number of aromatic amines is 1. The number of anilines is 1. The standard InChI is InChI=1S/C40H40N4O4/c1-48-38-16-12-29(21-34(38)31-9-5-8-27(20-31)24-43-23-26-6-3-2-4-7-26)30-11-10-28(35(41)22-30)18-19-42-25-37(46)32-13-15-36(45)40-33(32)14-17-39(47)44-40/h2-17,20-22,37,42-43,45-46H,18-19,23-25,41H2,1H3,(H,44,47)/t37-/m0/s1. The summed E-state index contributed by atoms with van der Waals surface area (Å²) in [5, 5.41) is 28.4. The molecular weight excluding hydrogens is 600 g/mol. The molecule has 0 unspecified atom stereocenters. The summed E-state index contributed by atoms with van der Waals surface area (Å²) in [5.41, 5.74) is 15.5. The molecule has 0 fully saturated rings. The number of hydrogen-bond acceptors (Lipinski definition) is 7. The van der Waals surface area contributed by atoms with Crippen LogP contribution in [0.15, 0.2) is 120 Å². The van der Waals surface area contributed by atoms with E-state index in [0.717, 1.165) is 46.7 Å². The first kappa shape index (κ1) is 32.5. The van der Waals surface area contributed by atoms with E-state index in [9.17, 15) is 15.0 Å². The average molecular weight is 641 g/mol. The van der Waals surface area contributed by atoms with Gasteiger partial charge in [-0.15, -0.1) is 0 Å². The summed E-state index contributed by atoms with van der Waals surface area (Å²) in [7, 11) is 1.69. The maximum atomic E-state index is 11.7. The van der Waals surface area contributed by atoms with Crippen LogP contribution in [0.4, 0.5) is 5.69 Å². The van der Waals surface area contributed by atoms with Gasteiger partial charge < -0.3 is 36.3 Å². The van der Waals surface area contributed by atoms with Crippen LogP contribution in [0.25, 0.3) is 33.2 Å². The quantitative estimate of drug-likeness (QED) is 0.0644. The molecule has 0 aliphatic heterocycles. The molecule has 1 atom stereocenters. The van der Waals surface area contributed by atoms with Crippen molar-refractivity contribution < 1.29 is 14.9 Å². The number of H-pyrrole nitrogens is 1. The van der Waals surface area contributed by atoms with Crippen LogP contribution in [0, 0.1) is 0 Å². The van der Waals surface area contributed by atoms with Crippen molar-refractivity contribution in [3.8, 4) is 33.8 Å². The number of aliphatic hydroxyl groups is 1. The number of phenolic OH excluding ortho intramolecular Hbond substituents is 1. The molecule has 0 spiro atoms. The number of aromatic hydroxyl groups is 1. The topological polar surface area (TPSA) is 133 Å². The maximum absolute atomic E-state index is 11.7. The van der Waals surface area contributed by atoms with E-state index in [1.165, 1.54) is 23.3 Å². The third-order valence-electron chi connectivity index (χ3n) is 8.59. The predicted octanol–water partition coefficient (Wildman–Crippen LogP) is 6.31. The highest BCUT2D eigenvalue weighted by atomic mass is 16.5. The van der Waals surface area contributed by atoms with Gasteiger partial charge in [0.05, 0.1) is 18.7 Å². The number of methoxy groups -OCH3 is 1. The lowest BCUT2D eigenvalue weighted by atomic mass is 9.95. The highest BCUT2D eigenvalue weighted by molar-refractivity contribution is 5.87. The Morgan fingerprint density at radius 1 is 0.792 bits per heavy atom. The van der Waals surface area contributed by atoms with Gasteiger partial charge in [0, 0.05) is 42.3 Å². The molecule has 48 heavy (non-hydrogen) atoms. The molecule has 0 saturated heterocycles. The number of benzene rings is 5.